The molecule has 2 unspecified atom stereocenters. The number of carbonyl (C=O) groups excluding carboxylic acids is 2. The number of anilines is 2. The third kappa shape index (κ3) is 13.5. The number of aliphatic hydroxyl groups excluding tert-OH is 1. The summed E-state index contributed by atoms with van der Waals surface area (Å²) in [5, 5.41) is 14.4. The number of imidazole rings is 1. The molecule has 5 heterocycles. The van der Waals surface area contributed by atoms with Gasteiger partial charge in [0.05, 0.1) is 19.5 Å². The number of aliphatic hydroxyl groups is 1. The standard InChI is InChI=1S/C33H51N9O16P2S2/c1-7-17(62-61-16(2)3)10-18(39-32(46)57-33(4,5)6)30(44)56-26-21(55-29(25(26)43)42-15-38-24-27(35)36-14-37-28(24)42)13-53-60(50,51)58-19-11-23(41-9-8-22(34)40-31(41)45)54-20(19)12-52-59(47,48)49/h8-9,14-21,23,25-26,29,43H,7,10-13H2,1-6H3,(H,39,46)(H,50,51)(H2,34,40,45)(H2,35,36,37)(H2,47,48,49)/t17?,18-,19-,20+,21+,23+,25+,26+,29+/m0/s1. The van der Waals surface area contributed by atoms with E-state index in [4.69, 9.17) is 39.5 Å². The minimum atomic E-state index is -5.23. The molecular weight excluding hydrogens is 904 g/mol. The summed E-state index contributed by atoms with van der Waals surface area (Å²) < 4.78 is 65.9. The zero-order chi connectivity index (χ0) is 45.7. The van der Waals surface area contributed by atoms with E-state index in [9.17, 15) is 43.3 Å². The number of nitrogens with zero attached hydrogens (tertiary/aromatic N) is 6. The Labute approximate surface area is 362 Å². The number of hydrogen-bond acceptors (Lipinski definition) is 21. The fourth-order valence-corrected chi connectivity index (χ4v) is 10.1. The summed E-state index contributed by atoms with van der Waals surface area (Å²) in [4.78, 5) is 85.2. The third-order valence-corrected chi connectivity index (χ3v) is 14.1. The molecule has 346 valence electrons. The van der Waals surface area contributed by atoms with E-state index in [2.05, 4.69) is 29.8 Å². The number of esters is 1. The Morgan fingerprint density at radius 3 is 2.40 bits per heavy atom. The van der Waals surface area contributed by atoms with Gasteiger partial charge in [0.1, 0.15) is 59.9 Å². The molecule has 29 heteroatoms. The van der Waals surface area contributed by atoms with Gasteiger partial charge in [-0.3, -0.25) is 22.7 Å². The maximum absolute atomic E-state index is 14.1. The molecular formula is C33H51N9O16P2S2. The van der Waals surface area contributed by atoms with Crippen molar-refractivity contribution < 1.29 is 71.0 Å². The summed E-state index contributed by atoms with van der Waals surface area (Å²) in [6, 6.07) is -0.0209. The molecule has 0 radical (unpaired) electrons. The molecule has 1 amide bonds. The first-order valence-corrected chi connectivity index (χ1v) is 24.4. The molecule has 3 aromatic heterocycles. The molecule has 9 N–H and O–H groups in total. The number of phosphoric acid groups is 2. The molecule has 2 aliphatic heterocycles. The average molecular weight is 956 g/mol. The summed E-state index contributed by atoms with van der Waals surface area (Å²) in [6.07, 6.45) is -7.36. The first-order valence-electron chi connectivity index (χ1n) is 19.1. The predicted octanol–water partition coefficient (Wildman–Crippen LogP) is 2.17. The van der Waals surface area contributed by atoms with Crippen molar-refractivity contribution in [1.82, 2.24) is 34.4 Å². The van der Waals surface area contributed by atoms with E-state index >= 15 is 0 Å². The molecule has 3 aromatic rings. The maximum Gasteiger partial charge on any atom is 0.472 e. The van der Waals surface area contributed by atoms with Crippen LogP contribution in [0.25, 0.3) is 11.2 Å². The number of phosphoric ester groups is 2. The summed E-state index contributed by atoms with van der Waals surface area (Å²) in [5.74, 6) is -1.09. The van der Waals surface area contributed by atoms with E-state index in [0.29, 0.717) is 6.42 Å². The van der Waals surface area contributed by atoms with Crippen LogP contribution in [0.3, 0.4) is 0 Å². The van der Waals surface area contributed by atoms with Gasteiger partial charge in [0.15, 0.2) is 23.8 Å². The van der Waals surface area contributed by atoms with Crippen molar-refractivity contribution >= 4 is 72.1 Å². The number of fused-ring (bicyclic) bond motifs is 1. The topological polar surface area (TPSA) is 356 Å². The number of nitrogens with one attached hydrogen (secondary N) is 1. The van der Waals surface area contributed by atoms with Crippen molar-refractivity contribution in [3.63, 3.8) is 0 Å². The van der Waals surface area contributed by atoms with Crippen molar-refractivity contribution in [3.8, 4) is 0 Å². The van der Waals surface area contributed by atoms with Crippen molar-refractivity contribution in [2.75, 3.05) is 24.7 Å². The van der Waals surface area contributed by atoms with Crippen molar-refractivity contribution in [2.45, 2.75) is 126 Å². The predicted molar refractivity (Wildman–Crippen MR) is 222 cm³/mol. The molecule has 0 saturated carbocycles. The lowest BCUT2D eigenvalue weighted by Crippen LogP contribution is -2.48. The Bertz CT molecular complexity index is 2190. The molecule has 5 rings (SSSR count). The summed E-state index contributed by atoms with van der Waals surface area (Å²) in [5.41, 5.74) is 10.0. The van der Waals surface area contributed by atoms with Gasteiger partial charge in [-0.1, -0.05) is 42.4 Å². The van der Waals surface area contributed by atoms with Gasteiger partial charge in [0, 0.05) is 23.1 Å². The van der Waals surface area contributed by atoms with Gasteiger partial charge < -0.3 is 55.5 Å². The van der Waals surface area contributed by atoms with Crippen LogP contribution in [0.1, 0.15) is 73.3 Å². The molecule has 10 atom stereocenters. The maximum atomic E-state index is 14.1. The van der Waals surface area contributed by atoms with Gasteiger partial charge in [0.25, 0.3) is 0 Å². The second-order valence-electron chi connectivity index (χ2n) is 15.3. The number of ether oxygens (including phenoxy) is 4. The van der Waals surface area contributed by atoms with E-state index < -0.39 is 101 Å². The lowest BCUT2D eigenvalue weighted by molar-refractivity contribution is -0.159. The highest BCUT2D eigenvalue weighted by Gasteiger charge is 2.50. The summed E-state index contributed by atoms with van der Waals surface area (Å²) in [7, 11) is -7.19. The zero-order valence-electron chi connectivity index (χ0n) is 34.4. The van der Waals surface area contributed by atoms with Crippen LogP contribution in [0.2, 0.25) is 0 Å². The number of carbonyl (C=O) groups is 2. The number of nitrogens with two attached hydrogens (primary N) is 2. The lowest BCUT2D eigenvalue weighted by atomic mass is 10.1. The molecule has 25 nitrogen and oxygen atoms in total. The van der Waals surface area contributed by atoms with Crippen LogP contribution in [-0.2, 0) is 46.4 Å². The Kier molecular flexibility index (Phi) is 16.5. The Hall–Kier alpha value is -3.43. The van der Waals surface area contributed by atoms with E-state index in [-0.39, 0.29) is 46.1 Å². The Balaban J connectivity index is 1.40. The van der Waals surface area contributed by atoms with Gasteiger partial charge in [-0.2, -0.15) is 4.98 Å². The highest BCUT2D eigenvalue weighted by molar-refractivity contribution is 8.77. The zero-order valence-corrected chi connectivity index (χ0v) is 37.8. The third-order valence-electron chi connectivity index (χ3n) is 8.96. The van der Waals surface area contributed by atoms with Crippen LogP contribution in [0.4, 0.5) is 16.4 Å². The molecule has 62 heavy (non-hydrogen) atoms. The number of nitrogen functional groups attached to an aromatic ring is 2. The molecule has 2 aliphatic rings. The average Bonchev–Trinajstić information content (AvgIpc) is 3.85. The highest BCUT2D eigenvalue weighted by atomic mass is 33.1. The minimum Gasteiger partial charge on any atom is -0.455 e. The van der Waals surface area contributed by atoms with Gasteiger partial charge in [-0.15, -0.1) is 0 Å². The number of aromatic nitrogens is 6. The normalized spacial score (nSPS) is 25.1. The first-order chi connectivity index (χ1) is 28.9. The van der Waals surface area contributed by atoms with Crippen LogP contribution < -0.4 is 22.5 Å². The van der Waals surface area contributed by atoms with Crippen molar-refractivity contribution in [3.05, 3.63) is 35.4 Å². The van der Waals surface area contributed by atoms with Crippen LogP contribution in [0.5, 0.6) is 0 Å². The molecule has 0 aliphatic carbocycles. The highest BCUT2D eigenvalue weighted by Crippen LogP contribution is 2.50. The Morgan fingerprint density at radius 2 is 1.76 bits per heavy atom. The van der Waals surface area contributed by atoms with Crippen LogP contribution in [0, 0.1) is 0 Å². The second-order valence-corrected chi connectivity index (χ2v) is 21.1. The van der Waals surface area contributed by atoms with Gasteiger partial charge in [0.2, 0.25) is 0 Å². The summed E-state index contributed by atoms with van der Waals surface area (Å²) >= 11 is 0. The summed E-state index contributed by atoms with van der Waals surface area (Å²) in [6.45, 7) is 9.15. The molecule has 2 fully saturated rings. The molecule has 0 aromatic carbocycles. The lowest BCUT2D eigenvalue weighted by Gasteiger charge is -2.28. The number of hydrogen-bond donors (Lipinski definition) is 7. The van der Waals surface area contributed by atoms with Crippen LogP contribution >= 0.6 is 37.2 Å². The van der Waals surface area contributed by atoms with Crippen molar-refractivity contribution in [1.29, 1.82) is 0 Å². The first kappa shape index (κ1) is 49.6. The number of alkyl carbamates (subject to hydrolysis) is 1. The Morgan fingerprint density at radius 1 is 1.05 bits per heavy atom. The van der Waals surface area contributed by atoms with E-state index in [1.54, 1.807) is 31.6 Å². The smallest absolute Gasteiger partial charge is 0.455 e. The van der Waals surface area contributed by atoms with Gasteiger partial charge in [-0.05, 0) is 39.7 Å². The largest absolute Gasteiger partial charge is 0.472 e. The fraction of sp³-hybridized carbons (Fsp3) is 0.667. The van der Waals surface area contributed by atoms with E-state index in [1.165, 1.54) is 34.0 Å². The van der Waals surface area contributed by atoms with Gasteiger partial charge >= 0.3 is 33.4 Å². The number of amides is 1. The molecule has 0 spiro atoms. The van der Waals surface area contributed by atoms with E-state index in [0.717, 1.165) is 10.9 Å². The monoisotopic (exact) mass is 955 g/mol. The second kappa shape index (κ2) is 20.6. The number of rotatable bonds is 19. The SMILES string of the molecule is CCC(C[C@H](NC(=O)OC(C)(C)C)C(=O)O[C@H]1[C@@H](O)[C@H](n2cnc3c(N)ncnc32)O[C@@H]1COP(=O)(O)O[C@H]1C[C@H](n2ccc(N)nc2=O)O[C@@H]1COP(=O)(O)O)SSC(C)C. The minimum absolute atomic E-state index is 0.0117. The molecule has 0 bridgehead atoms. The van der Waals surface area contributed by atoms with E-state index in [1.807, 2.05) is 20.8 Å². The quantitative estimate of drug-likeness (QED) is 0.0514. The van der Waals surface area contributed by atoms with Crippen molar-refractivity contribution in [2.24, 2.45) is 0 Å². The van der Waals surface area contributed by atoms with Crippen LogP contribution in [0.15, 0.2) is 29.7 Å². The van der Waals surface area contributed by atoms with Crippen LogP contribution in [-0.4, -0.2) is 127 Å². The fourth-order valence-electron chi connectivity index (χ4n) is 6.21. The molecule has 2 saturated heterocycles. The van der Waals surface area contributed by atoms with Gasteiger partial charge in [-0.25, -0.2) is 38.5 Å².